The second kappa shape index (κ2) is 57.4. The maximum atomic E-state index is 13.0. The minimum absolute atomic E-state index is 0.00897. The van der Waals surface area contributed by atoms with Crippen LogP contribution in [0.4, 0.5) is 0 Å². The molecule has 9 heteroatoms. The molecule has 0 aromatic rings. The van der Waals surface area contributed by atoms with E-state index in [4.69, 9.17) is 9.05 Å². The van der Waals surface area contributed by atoms with Crippen LogP contribution in [0.2, 0.25) is 0 Å². The lowest BCUT2D eigenvalue weighted by Gasteiger charge is -2.30. The van der Waals surface area contributed by atoms with Crippen molar-refractivity contribution in [1.29, 1.82) is 0 Å². The van der Waals surface area contributed by atoms with Crippen LogP contribution in [0.3, 0.4) is 0 Å². The molecule has 3 atom stereocenters. The summed E-state index contributed by atoms with van der Waals surface area (Å²) in [7, 11) is 1.30. The van der Waals surface area contributed by atoms with Crippen LogP contribution in [0.15, 0.2) is 85.1 Å². The smallest absolute Gasteiger partial charge is 0.268 e. The highest BCUT2D eigenvalue weighted by atomic mass is 31.2. The lowest BCUT2D eigenvalue weighted by molar-refractivity contribution is -0.870. The number of carbonyl (C=O) groups is 1. The summed E-state index contributed by atoms with van der Waals surface area (Å²) in [6.07, 6.45) is 80.5. The van der Waals surface area contributed by atoms with Crippen LogP contribution < -0.4 is 10.2 Å². The topological polar surface area (TPSA) is 108 Å². The molecule has 0 spiro atoms. The Labute approximate surface area is 471 Å². The van der Waals surface area contributed by atoms with Gasteiger partial charge in [0.15, 0.2) is 0 Å². The molecule has 0 heterocycles. The first-order valence-corrected chi connectivity index (χ1v) is 33.4. The number of phosphoric acid groups is 1. The molecule has 0 aromatic heterocycles. The van der Waals surface area contributed by atoms with Gasteiger partial charge in [-0.25, -0.2) is 0 Å². The predicted molar refractivity (Wildman–Crippen MR) is 330 cm³/mol. The number of hydrogen-bond donors (Lipinski definition) is 2. The van der Waals surface area contributed by atoms with Gasteiger partial charge in [-0.1, -0.05) is 292 Å². The Balaban J connectivity index is 4.12. The first-order valence-electron chi connectivity index (χ1n) is 31.9. The molecule has 0 aliphatic carbocycles. The summed E-state index contributed by atoms with van der Waals surface area (Å²) in [4.78, 5) is 25.6. The van der Waals surface area contributed by atoms with Gasteiger partial charge in [0.1, 0.15) is 13.2 Å². The number of aliphatic hydroxyl groups is 1. The molecule has 0 aromatic carbocycles. The average molecular weight is 1080 g/mol. The molecule has 0 aliphatic heterocycles. The number of unbranched alkanes of at least 4 members (excludes halogenated alkanes) is 31. The summed E-state index contributed by atoms with van der Waals surface area (Å²) in [5, 5.41) is 14.1. The fraction of sp³-hybridized carbons (Fsp3) is 0.776. The summed E-state index contributed by atoms with van der Waals surface area (Å²) in [5.74, 6) is -0.168. The number of likely N-dealkylation sites (N-methyl/N-ethyl adjacent to an activating group) is 1. The van der Waals surface area contributed by atoms with Crippen LogP contribution in [-0.4, -0.2) is 68.5 Å². The molecule has 0 bridgehead atoms. The van der Waals surface area contributed by atoms with Gasteiger partial charge in [0.05, 0.1) is 39.9 Å². The number of hydrogen-bond acceptors (Lipinski definition) is 6. The molecule has 0 saturated carbocycles. The average Bonchev–Trinajstić information content (AvgIpc) is 3.38. The van der Waals surface area contributed by atoms with Crippen molar-refractivity contribution in [3.8, 4) is 0 Å². The van der Waals surface area contributed by atoms with Crippen LogP contribution in [-0.2, 0) is 18.4 Å². The van der Waals surface area contributed by atoms with Crippen LogP contribution in [0, 0.1) is 0 Å². The summed E-state index contributed by atoms with van der Waals surface area (Å²) in [6.45, 7) is 4.63. The van der Waals surface area contributed by atoms with E-state index < -0.39 is 20.0 Å². The van der Waals surface area contributed by atoms with E-state index in [2.05, 4.69) is 104 Å². The Hall–Kier alpha value is -2.32. The Morgan fingerprint density at radius 1 is 0.474 bits per heavy atom. The molecule has 76 heavy (non-hydrogen) atoms. The lowest BCUT2D eigenvalue weighted by Crippen LogP contribution is -2.46. The van der Waals surface area contributed by atoms with Crippen molar-refractivity contribution in [1.82, 2.24) is 5.32 Å². The second-order valence-electron chi connectivity index (χ2n) is 22.7. The lowest BCUT2D eigenvalue weighted by atomic mass is 10.0. The quantitative estimate of drug-likeness (QED) is 0.0272. The fourth-order valence-electron chi connectivity index (χ4n) is 9.20. The number of nitrogens with zero attached hydrogens (tertiary/aromatic N) is 1. The van der Waals surface area contributed by atoms with E-state index in [1.807, 2.05) is 21.1 Å². The van der Waals surface area contributed by atoms with E-state index in [-0.39, 0.29) is 19.1 Å². The Bertz CT molecular complexity index is 1510. The fourth-order valence-corrected chi connectivity index (χ4v) is 9.92. The third-order valence-corrected chi connectivity index (χ3v) is 15.1. The normalized spacial score (nSPS) is 14.4. The van der Waals surface area contributed by atoms with Crippen LogP contribution in [0.25, 0.3) is 0 Å². The van der Waals surface area contributed by atoms with Crippen LogP contribution >= 0.6 is 7.82 Å². The van der Waals surface area contributed by atoms with Gasteiger partial charge < -0.3 is 28.8 Å². The van der Waals surface area contributed by atoms with E-state index in [9.17, 15) is 19.4 Å². The van der Waals surface area contributed by atoms with Gasteiger partial charge >= 0.3 is 0 Å². The number of aliphatic hydroxyl groups excluding tert-OH is 1. The Morgan fingerprint density at radius 2 is 0.803 bits per heavy atom. The number of phosphoric ester groups is 1. The number of amides is 1. The molecular weight excluding hydrogens is 960 g/mol. The Kier molecular flexibility index (Phi) is 55.6. The highest BCUT2D eigenvalue weighted by Gasteiger charge is 2.24. The molecule has 2 N–H and O–H groups in total. The third-order valence-electron chi connectivity index (χ3n) is 14.1. The molecule has 8 nitrogen and oxygen atoms in total. The monoisotopic (exact) mass is 1080 g/mol. The molecule has 0 saturated heterocycles. The SMILES string of the molecule is CC/C=C\C/C=C\C/C=C\C/C=C\C/C=C\C/C=C\C/C=C\CCCCCCCCCCCCCC(=O)NC(COP(=O)([O-])OCC[N+](C)(C)C)C(O)CCCCCCCCCCCCCCCCCCCCCCC. The summed E-state index contributed by atoms with van der Waals surface area (Å²) < 4.78 is 23.5. The second-order valence-corrected chi connectivity index (χ2v) is 24.2. The molecule has 0 fully saturated rings. The summed E-state index contributed by atoms with van der Waals surface area (Å²) in [5.41, 5.74) is 0. The molecular formula is C67H123N2O6P. The molecule has 0 radical (unpaired) electrons. The number of carbonyl (C=O) groups excluding carboxylic acids is 1. The highest BCUT2D eigenvalue weighted by Crippen LogP contribution is 2.38. The number of nitrogens with one attached hydrogen (secondary N) is 1. The van der Waals surface area contributed by atoms with E-state index in [0.29, 0.717) is 23.9 Å². The molecule has 0 rings (SSSR count). The first kappa shape index (κ1) is 73.7. The van der Waals surface area contributed by atoms with Gasteiger partial charge in [-0.3, -0.25) is 9.36 Å². The number of rotatable bonds is 58. The zero-order chi connectivity index (χ0) is 55.6. The number of quaternary nitrogens is 1. The molecule has 1 amide bonds. The molecule has 0 aliphatic rings. The van der Waals surface area contributed by atoms with Crippen molar-refractivity contribution in [3.63, 3.8) is 0 Å². The van der Waals surface area contributed by atoms with E-state index >= 15 is 0 Å². The third kappa shape index (κ3) is 59.3. The minimum Gasteiger partial charge on any atom is -0.756 e. The van der Waals surface area contributed by atoms with Crippen molar-refractivity contribution < 1.29 is 32.9 Å². The van der Waals surface area contributed by atoms with Gasteiger partial charge in [-0.05, 0) is 70.6 Å². The van der Waals surface area contributed by atoms with Crippen molar-refractivity contribution in [2.24, 2.45) is 0 Å². The summed E-state index contributed by atoms with van der Waals surface area (Å²) in [6, 6.07) is -0.808. The first-order chi connectivity index (χ1) is 37.0. The maximum absolute atomic E-state index is 13.0. The molecule has 442 valence electrons. The van der Waals surface area contributed by atoms with E-state index in [0.717, 1.165) is 83.5 Å². The Morgan fingerprint density at radius 3 is 1.17 bits per heavy atom. The van der Waals surface area contributed by atoms with Gasteiger partial charge in [0.25, 0.3) is 7.82 Å². The zero-order valence-corrected chi connectivity index (χ0v) is 51.3. The standard InChI is InChI=1S/C67H123N2O6P/c1-6-8-10-12-14-16-18-20-22-24-26-28-29-30-31-32-33-34-35-36-37-38-39-41-43-45-47-49-51-53-55-57-59-61-67(71)68-65(64-75-76(72,73)74-63-62-69(3,4)5)66(70)60-58-56-54-52-50-48-46-44-42-40-27-25-23-21-19-17-15-13-11-9-7-2/h8,10,14,16,20,22,26,28,30-31,33-34,36-37,65-66,70H,6-7,9,11-13,15,17-19,21,23-25,27,29,32,35,38-64H2,1-5H3,(H-,68,71,72,73)/b10-8-,16-14-,22-20-,28-26-,31-30-,34-33-,37-36-. The van der Waals surface area contributed by atoms with Crippen molar-refractivity contribution in [2.75, 3.05) is 40.9 Å². The minimum atomic E-state index is -4.58. The largest absolute Gasteiger partial charge is 0.756 e. The highest BCUT2D eigenvalue weighted by molar-refractivity contribution is 7.45. The van der Waals surface area contributed by atoms with Crippen molar-refractivity contribution >= 4 is 13.7 Å². The van der Waals surface area contributed by atoms with Gasteiger partial charge in [0, 0.05) is 6.42 Å². The van der Waals surface area contributed by atoms with Crippen LogP contribution in [0.1, 0.15) is 284 Å². The summed E-state index contributed by atoms with van der Waals surface area (Å²) >= 11 is 0. The van der Waals surface area contributed by atoms with E-state index in [1.165, 1.54) is 173 Å². The van der Waals surface area contributed by atoms with Gasteiger partial charge in [0.2, 0.25) is 5.91 Å². The van der Waals surface area contributed by atoms with Crippen molar-refractivity contribution in [3.05, 3.63) is 85.1 Å². The van der Waals surface area contributed by atoms with Crippen molar-refractivity contribution in [2.45, 2.75) is 296 Å². The predicted octanol–water partition coefficient (Wildman–Crippen LogP) is 19.4. The zero-order valence-electron chi connectivity index (χ0n) is 50.4. The van der Waals surface area contributed by atoms with Crippen LogP contribution in [0.5, 0.6) is 0 Å². The van der Waals surface area contributed by atoms with Gasteiger partial charge in [-0.15, -0.1) is 0 Å². The van der Waals surface area contributed by atoms with E-state index in [1.54, 1.807) is 0 Å². The number of allylic oxidation sites excluding steroid dienone is 14. The van der Waals surface area contributed by atoms with Gasteiger partial charge in [-0.2, -0.15) is 0 Å². The maximum Gasteiger partial charge on any atom is 0.268 e. The molecule has 3 unspecified atom stereocenters.